The van der Waals surface area contributed by atoms with Crippen molar-refractivity contribution in [3.63, 3.8) is 0 Å². The molecule has 0 spiro atoms. The van der Waals surface area contributed by atoms with Gasteiger partial charge < -0.3 is 14.5 Å². The summed E-state index contributed by atoms with van der Waals surface area (Å²) < 4.78 is 7.05. The van der Waals surface area contributed by atoms with Gasteiger partial charge >= 0.3 is 0 Å². The van der Waals surface area contributed by atoms with Gasteiger partial charge in [-0.3, -0.25) is 0 Å². The van der Waals surface area contributed by atoms with Gasteiger partial charge in [-0.2, -0.15) is 0 Å². The van der Waals surface area contributed by atoms with Gasteiger partial charge in [0.25, 0.3) is 0 Å². The van der Waals surface area contributed by atoms with Gasteiger partial charge in [0, 0.05) is 45.5 Å². The van der Waals surface area contributed by atoms with Crippen LogP contribution in [0.4, 0.5) is 34.1 Å². The number of anilines is 6. The monoisotopic (exact) mass is 856 g/mol. The maximum atomic E-state index is 7.05. The van der Waals surface area contributed by atoms with Crippen molar-refractivity contribution in [2.24, 2.45) is 0 Å². The Hall–Kier alpha value is -8.92. The van der Waals surface area contributed by atoms with Crippen LogP contribution in [0.15, 0.2) is 267 Å². The molecule has 1 aliphatic rings. The van der Waals surface area contributed by atoms with Crippen LogP contribution >= 0.6 is 0 Å². The van der Waals surface area contributed by atoms with E-state index in [1.165, 1.54) is 22.3 Å². The average Bonchev–Trinajstić information content (AvgIpc) is 3.40. The summed E-state index contributed by atoms with van der Waals surface area (Å²) in [6.07, 6.45) is 0. The van der Waals surface area contributed by atoms with Gasteiger partial charge in [-0.1, -0.05) is 188 Å². The van der Waals surface area contributed by atoms with Crippen LogP contribution in [0.5, 0.6) is 11.5 Å². The average molecular weight is 857 g/mol. The first-order valence-corrected chi connectivity index (χ1v) is 22.8. The quantitative estimate of drug-likeness (QED) is 0.136. The summed E-state index contributed by atoms with van der Waals surface area (Å²) in [5.74, 6) is 1.65. The maximum Gasteiger partial charge on any atom is 0.138 e. The van der Waals surface area contributed by atoms with E-state index in [1.807, 2.05) is 0 Å². The Morgan fingerprint density at radius 2 is 0.627 bits per heavy atom. The SMILES string of the molecule is c1ccc(-c2ccc(N(c3ccc(-c4ccccc4)c(-c4ccccc4)c3)c3cc4c5c(cccc5c3)-c3cc(N(c5ccccc5)c5ccccc5)ccc3O4)cc2-c2ccccc2)cc1. The Morgan fingerprint density at radius 1 is 0.224 bits per heavy atom. The number of nitrogens with zero attached hydrogens (tertiary/aromatic N) is 2. The molecule has 11 aromatic rings. The van der Waals surface area contributed by atoms with Crippen molar-refractivity contribution >= 4 is 44.9 Å². The Labute approximate surface area is 391 Å². The second-order valence-corrected chi connectivity index (χ2v) is 16.9. The largest absolute Gasteiger partial charge is 0.456 e. The molecule has 0 N–H and O–H groups in total. The van der Waals surface area contributed by atoms with Crippen molar-refractivity contribution < 1.29 is 4.74 Å². The fourth-order valence-corrected chi connectivity index (χ4v) is 9.73. The maximum absolute atomic E-state index is 7.05. The molecule has 0 saturated carbocycles. The Kier molecular flexibility index (Phi) is 10.2. The Bertz CT molecular complexity index is 3360. The van der Waals surface area contributed by atoms with Crippen LogP contribution < -0.4 is 14.5 Å². The van der Waals surface area contributed by atoms with Crippen LogP contribution in [0.3, 0.4) is 0 Å². The van der Waals surface area contributed by atoms with E-state index in [0.717, 1.165) is 89.8 Å². The summed E-state index contributed by atoms with van der Waals surface area (Å²) in [5, 5.41) is 2.19. The highest BCUT2D eigenvalue weighted by atomic mass is 16.5. The second kappa shape index (κ2) is 17.2. The lowest BCUT2D eigenvalue weighted by Crippen LogP contribution is -2.12. The Morgan fingerprint density at radius 3 is 1.10 bits per heavy atom. The van der Waals surface area contributed by atoms with Crippen molar-refractivity contribution in [3.8, 4) is 67.1 Å². The molecule has 11 aromatic carbocycles. The van der Waals surface area contributed by atoms with Crippen molar-refractivity contribution in [2.45, 2.75) is 0 Å². The first-order valence-electron chi connectivity index (χ1n) is 22.8. The molecule has 0 aromatic heterocycles. The minimum atomic E-state index is 0.824. The number of rotatable bonds is 10. The zero-order valence-electron chi connectivity index (χ0n) is 36.7. The van der Waals surface area contributed by atoms with Crippen LogP contribution in [-0.2, 0) is 0 Å². The van der Waals surface area contributed by atoms with E-state index in [0.29, 0.717) is 0 Å². The number of hydrogen-bond acceptors (Lipinski definition) is 3. The number of hydrogen-bond donors (Lipinski definition) is 0. The van der Waals surface area contributed by atoms with Crippen molar-refractivity contribution in [3.05, 3.63) is 267 Å². The fourth-order valence-electron chi connectivity index (χ4n) is 9.73. The molecule has 0 aliphatic carbocycles. The van der Waals surface area contributed by atoms with Gasteiger partial charge in [-0.05, 0) is 128 Å². The molecule has 3 heteroatoms. The van der Waals surface area contributed by atoms with Crippen LogP contribution in [0.25, 0.3) is 66.4 Å². The molecule has 0 amide bonds. The van der Waals surface area contributed by atoms with E-state index in [4.69, 9.17) is 4.74 Å². The second-order valence-electron chi connectivity index (χ2n) is 16.9. The highest BCUT2D eigenvalue weighted by molar-refractivity contribution is 6.07. The van der Waals surface area contributed by atoms with Crippen LogP contribution in [-0.4, -0.2) is 0 Å². The molecule has 0 saturated heterocycles. The zero-order valence-corrected chi connectivity index (χ0v) is 36.7. The zero-order chi connectivity index (χ0) is 44.5. The predicted molar refractivity (Wildman–Crippen MR) is 281 cm³/mol. The molecule has 0 atom stereocenters. The van der Waals surface area contributed by atoms with Crippen LogP contribution in [0.1, 0.15) is 0 Å². The Balaban J connectivity index is 1.05. The highest BCUT2D eigenvalue weighted by Gasteiger charge is 2.26. The molecule has 1 heterocycles. The van der Waals surface area contributed by atoms with Crippen molar-refractivity contribution in [1.29, 1.82) is 0 Å². The molecule has 0 bridgehead atoms. The number of benzene rings is 11. The summed E-state index contributed by atoms with van der Waals surface area (Å²) >= 11 is 0. The molecule has 3 nitrogen and oxygen atoms in total. The first-order chi connectivity index (χ1) is 33.2. The minimum absolute atomic E-state index is 0.824. The van der Waals surface area contributed by atoms with E-state index in [9.17, 15) is 0 Å². The van der Waals surface area contributed by atoms with Crippen molar-refractivity contribution in [1.82, 2.24) is 0 Å². The van der Waals surface area contributed by atoms with Gasteiger partial charge in [0.1, 0.15) is 11.5 Å². The smallest absolute Gasteiger partial charge is 0.138 e. The van der Waals surface area contributed by atoms with Crippen LogP contribution in [0.2, 0.25) is 0 Å². The molecular weight excluding hydrogens is 813 g/mol. The van der Waals surface area contributed by atoms with Crippen LogP contribution in [0, 0.1) is 0 Å². The molecule has 0 unspecified atom stereocenters. The van der Waals surface area contributed by atoms with Gasteiger partial charge in [0.2, 0.25) is 0 Å². The summed E-state index contributed by atoms with van der Waals surface area (Å²) in [6, 6.07) is 95.4. The number of para-hydroxylation sites is 2. The molecule has 0 radical (unpaired) electrons. The molecule has 0 fully saturated rings. The number of ether oxygens (including phenoxy) is 1. The van der Waals surface area contributed by atoms with E-state index in [-0.39, 0.29) is 0 Å². The molecule has 316 valence electrons. The van der Waals surface area contributed by atoms with Gasteiger partial charge in [-0.15, -0.1) is 0 Å². The standard InChI is InChI=1S/C64H44N2O/c1-7-20-45(21-8-1)56-37-34-52(41-59(56)47-24-11-3-12-25-47)66(53-35-38-57(46-22-9-2-10-23-46)60(42-53)48-26-13-4-14-27-48)55-40-49-28-19-33-58-61-43-54(36-39-62(61)67-63(44-55)64(49)58)65(50-29-15-5-16-30-50)51-31-17-6-18-32-51/h1-44H. The number of fused-ring (bicyclic) bond motifs is 2. The van der Waals surface area contributed by atoms with Gasteiger partial charge in [0.15, 0.2) is 0 Å². The third-order valence-corrected chi connectivity index (χ3v) is 12.8. The first kappa shape index (κ1) is 39.7. The predicted octanol–water partition coefficient (Wildman–Crippen LogP) is 18.2. The summed E-state index contributed by atoms with van der Waals surface area (Å²) in [6.45, 7) is 0. The highest BCUT2D eigenvalue weighted by Crippen LogP contribution is 2.52. The fraction of sp³-hybridized carbons (Fsp3) is 0. The summed E-state index contributed by atoms with van der Waals surface area (Å²) in [4.78, 5) is 4.70. The van der Waals surface area contributed by atoms with E-state index in [2.05, 4.69) is 277 Å². The normalized spacial score (nSPS) is 11.4. The van der Waals surface area contributed by atoms with E-state index in [1.54, 1.807) is 0 Å². The molecule has 12 rings (SSSR count). The van der Waals surface area contributed by atoms with E-state index >= 15 is 0 Å². The third-order valence-electron chi connectivity index (χ3n) is 12.8. The van der Waals surface area contributed by atoms with Gasteiger partial charge in [0.05, 0.1) is 5.69 Å². The lowest BCUT2D eigenvalue weighted by Gasteiger charge is -2.30. The summed E-state index contributed by atoms with van der Waals surface area (Å²) in [5.41, 5.74) is 17.8. The molecular formula is C64H44N2O. The lowest BCUT2D eigenvalue weighted by molar-refractivity contribution is 0.487. The molecule has 1 aliphatic heterocycles. The van der Waals surface area contributed by atoms with Gasteiger partial charge in [-0.25, -0.2) is 0 Å². The summed E-state index contributed by atoms with van der Waals surface area (Å²) in [7, 11) is 0. The van der Waals surface area contributed by atoms with Crippen molar-refractivity contribution in [2.75, 3.05) is 9.80 Å². The third kappa shape index (κ3) is 7.49. The minimum Gasteiger partial charge on any atom is -0.456 e. The van der Waals surface area contributed by atoms with E-state index < -0.39 is 0 Å². The lowest BCUT2D eigenvalue weighted by atomic mass is 9.92. The topological polar surface area (TPSA) is 15.7 Å². The molecule has 67 heavy (non-hydrogen) atoms.